The smallest absolute Gasteiger partial charge is 0.190 e. The van der Waals surface area contributed by atoms with Crippen LogP contribution >= 0.6 is 0 Å². The maximum absolute atomic E-state index is 11.2. The summed E-state index contributed by atoms with van der Waals surface area (Å²) in [4.78, 5) is 14.2. The quantitative estimate of drug-likeness (QED) is 0.470. The highest BCUT2D eigenvalue weighted by atomic mass is 16.1. The van der Waals surface area contributed by atoms with Gasteiger partial charge in [0, 0.05) is 30.4 Å². The van der Waals surface area contributed by atoms with E-state index in [1.807, 2.05) is 6.08 Å². The Balaban J connectivity index is 3.00. The van der Waals surface area contributed by atoms with Crippen LogP contribution in [0.15, 0.2) is 17.1 Å². The van der Waals surface area contributed by atoms with E-state index in [1.165, 1.54) is 6.07 Å². The summed E-state index contributed by atoms with van der Waals surface area (Å²) in [5.41, 5.74) is 0.0576. The van der Waals surface area contributed by atoms with Gasteiger partial charge in [0.05, 0.1) is 5.22 Å². The van der Waals surface area contributed by atoms with Gasteiger partial charge in [-0.05, 0) is 6.08 Å². The van der Waals surface area contributed by atoms with Gasteiger partial charge in [-0.25, -0.2) is 0 Å². The van der Waals surface area contributed by atoms with Crippen LogP contribution in [0, 0.1) is 0 Å². The lowest BCUT2D eigenvalue weighted by Crippen LogP contribution is -2.44. The topological polar surface area (TPSA) is 44.9 Å². The van der Waals surface area contributed by atoms with Gasteiger partial charge in [0.15, 0.2) is 5.43 Å². The molecule has 0 radical (unpaired) electrons. The molecule has 3 nitrogen and oxygen atoms in total. The minimum Gasteiger partial charge on any atom is -0.387 e. The van der Waals surface area contributed by atoms with Crippen LogP contribution in [0.5, 0.6) is 0 Å². The number of H-pyrrole nitrogens is 1. The molecule has 0 atom stereocenters. The SMILES string of the molecule is O=c1cc[nH]c2c1=CNCC=2. The van der Waals surface area contributed by atoms with E-state index in [9.17, 15) is 4.79 Å². The highest BCUT2D eigenvalue weighted by molar-refractivity contribution is 5.34. The molecule has 2 N–H and O–H groups in total. The van der Waals surface area contributed by atoms with Crippen LogP contribution in [0.2, 0.25) is 0 Å². The molecule has 0 saturated carbocycles. The maximum atomic E-state index is 11.2. The van der Waals surface area contributed by atoms with Crippen LogP contribution in [0.25, 0.3) is 12.3 Å². The standard InChI is InChI=1S/C8H8N2O/c11-8-2-4-10-7-1-3-9-5-6(7)8/h1-2,4-5,9-10H,3H2. The Morgan fingerprint density at radius 1 is 1.45 bits per heavy atom. The molecule has 1 aliphatic heterocycles. The molecule has 0 aliphatic carbocycles. The fourth-order valence-corrected chi connectivity index (χ4v) is 1.15. The van der Waals surface area contributed by atoms with Crippen molar-refractivity contribution in [2.75, 3.05) is 6.54 Å². The average molecular weight is 148 g/mol. The molecule has 11 heavy (non-hydrogen) atoms. The number of pyridine rings is 1. The Bertz CT molecular complexity index is 430. The molecule has 1 aliphatic rings. The Morgan fingerprint density at radius 3 is 3.18 bits per heavy atom. The zero-order valence-corrected chi connectivity index (χ0v) is 5.92. The second kappa shape index (κ2) is 2.27. The predicted molar refractivity (Wildman–Crippen MR) is 43.2 cm³/mol. The van der Waals surface area contributed by atoms with E-state index in [4.69, 9.17) is 0 Å². The molecule has 0 bridgehead atoms. The van der Waals surface area contributed by atoms with Crippen LogP contribution in [-0.4, -0.2) is 11.5 Å². The van der Waals surface area contributed by atoms with E-state index in [0.29, 0.717) is 0 Å². The van der Waals surface area contributed by atoms with E-state index in [1.54, 1.807) is 12.4 Å². The molecule has 1 aromatic heterocycles. The molecule has 0 saturated heterocycles. The molecule has 0 aromatic carbocycles. The van der Waals surface area contributed by atoms with E-state index >= 15 is 0 Å². The third-order valence-corrected chi connectivity index (χ3v) is 1.70. The fourth-order valence-electron chi connectivity index (χ4n) is 1.15. The molecule has 0 amide bonds. The van der Waals surface area contributed by atoms with Crippen molar-refractivity contribution in [1.82, 2.24) is 10.3 Å². The van der Waals surface area contributed by atoms with Gasteiger partial charge in [-0.3, -0.25) is 4.79 Å². The molecule has 0 unspecified atom stereocenters. The molecule has 56 valence electrons. The normalized spacial score (nSPS) is 13.8. The van der Waals surface area contributed by atoms with Crippen LogP contribution in [-0.2, 0) is 0 Å². The lowest BCUT2D eigenvalue weighted by atomic mass is 10.3. The van der Waals surface area contributed by atoms with Crippen molar-refractivity contribution in [3.05, 3.63) is 33.1 Å². The van der Waals surface area contributed by atoms with E-state index in [2.05, 4.69) is 10.3 Å². The molecular weight excluding hydrogens is 140 g/mol. The Morgan fingerprint density at radius 2 is 2.36 bits per heavy atom. The summed E-state index contributed by atoms with van der Waals surface area (Å²) in [5.74, 6) is 0. The zero-order chi connectivity index (χ0) is 7.68. The van der Waals surface area contributed by atoms with Crippen molar-refractivity contribution in [3.63, 3.8) is 0 Å². The first-order chi connectivity index (χ1) is 5.38. The average Bonchev–Trinajstić information content (AvgIpc) is 2.06. The molecule has 3 heteroatoms. The largest absolute Gasteiger partial charge is 0.387 e. The minimum atomic E-state index is 0.0576. The highest BCUT2D eigenvalue weighted by Gasteiger charge is 1.93. The number of fused-ring (bicyclic) bond motifs is 1. The van der Waals surface area contributed by atoms with Crippen LogP contribution in [0.3, 0.4) is 0 Å². The third kappa shape index (κ3) is 0.941. The molecule has 2 rings (SSSR count). The van der Waals surface area contributed by atoms with Crippen molar-refractivity contribution in [3.8, 4) is 0 Å². The summed E-state index contributed by atoms with van der Waals surface area (Å²) in [6.07, 6.45) is 5.36. The minimum absolute atomic E-state index is 0.0576. The van der Waals surface area contributed by atoms with E-state index in [0.717, 1.165) is 17.1 Å². The second-order valence-electron chi connectivity index (χ2n) is 2.43. The van der Waals surface area contributed by atoms with Gasteiger partial charge in [0.1, 0.15) is 0 Å². The molecule has 2 heterocycles. The van der Waals surface area contributed by atoms with Crippen LogP contribution in [0.1, 0.15) is 0 Å². The van der Waals surface area contributed by atoms with E-state index in [-0.39, 0.29) is 5.43 Å². The second-order valence-corrected chi connectivity index (χ2v) is 2.43. The fraction of sp³-hybridized carbons (Fsp3) is 0.125. The summed E-state index contributed by atoms with van der Waals surface area (Å²) in [5, 5.41) is 4.62. The number of hydrogen-bond donors (Lipinski definition) is 2. The molecular formula is C8H8N2O. The summed E-state index contributed by atoms with van der Waals surface area (Å²) in [6.45, 7) is 0.785. The lowest BCUT2D eigenvalue weighted by molar-refractivity contribution is 1.02. The van der Waals surface area contributed by atoms with Gasteiger partial charge >= 0.3 is 0 Å². The van der Waals surface area contributed by atoms with Gasteiger partial charge in [-0.1, -0.05) is 0 Å². The summed E-state index contributed by atoms with van der Waals surface area (Å²) in [7, 11) is 0. The Labute approximate surface area is 63.1 Å². The summed E-state index contributed by atoms with van der Waals surface area (Å²) >= 11 is 0. The van der Waals surface area contributed by atoms with Crippen molar-refractivity contribution in [2.24, 2.45) is 0 Å². The number of aromatic amines is 1. The lowest BCUT2D eigenvalue weighted by Gasteiger charge is -2.00. The van der Waals surface area contributed by atoms with Crippen molar-refractivity contribution >= 4 is 12.3 Å². The first kappa shape index (κ1) is 6.22. The Hall–Kier alpha value is -1.51. The van der Waals surface area contributed by atoms with Gasteiger partial charge in [0.25, 0.3) is 0 Å². The first-order valence-corrected chi connectivity index (χ1v) is 3.49. The monoisotopic (exact) mass is 148 g/mol. The van der Waals surface area contributed by atoms with Crippen LogP contribution < -0.4 is 21.3 Å². The van der Waals surface area contributed by atoms with Gasteiger partial charge < -0.3 is 10.3 Å². The summed E-state index contributed by atoms with van der Waals surface area (Å²) in [6, 6.07) is 1.52. The molecule has 1 aromatic rings. The van der Waals surface area contributed by atoms with Crippen molar-refractivity contribution < 1.29 is 0 Å². The van der Waals surface area contributed by atoms with Crippen LogP contribution in [0.4, 0.5) is 0 Å². The number of rotatable bonds is 0. The van der Waals surface area contributed by atoms with E-state index < -0.39 is 0 Å². The number of hydrogen-bond acceptors (Lipinski definition) is 2. The van der Waals surface area contributed by atoms with Gasteiger partial charge in [-0.15, -0.1) is 0 Å². The number of aromatic nitrogens is 1. The highest BCUT2D eigenvalue weighted by Crippen LogP contribution is 1.67. The Kier molecular flexibility index (Phi) is 1.28. The number of nitrogens with one attached hydrogen (secondary N) is 2. The summed E-state index contributed by atoms with van der Waals surface area (Å²) < 4.78 is 0. The maximum Gasteiger partial charge on any atom is 0.190 e. The van der Waals surface area contributed by atoms with Gasteiger partial charge in [0.2, 0.25) is 0 Å². The molecule has 0 spiro atoms. The van der Waals surface area contributed by atoms with Crippen molar-refractivity contribution in [2.45, 2.75) is 0 Å². The molecule has 0 fully saturated rings. The zero-order valence-electron chi connectivity index (χ0n) is 5.92. The first-order valence-electron chi connectivity index (χ1n) is 3.49. The predicted octanol–water partition coefficient (Wildman–Crippen LogP) is -1.50. The third-order valence-electron chi connectivity index (χ3n) is 1.70. The van der Waals surface area contributed by atoms with Gasteiger partial charge in [-0.2, -0.15) is 0 Å². The van der Waals surface area contributed by atoms with Crippen molar-refractivity contribution in [1.29, 1.82) is 0 Å².